The Hall–Kier alpha value is -0.870. The first-order chi connectivity index (χ1) is 6.99. The molecule has 0 aliphatic carbocycles. The van der Waals surface area contributed by atoms with Gasteiger partial charge in [-0.3, -0.25) is 4.68 Å². The van der Waals surface area contributed by atoms with Crippen molar-refractivity contribution in [1.29, 1.82) is 0 Å². The quantitative estimate of drug-likeness (QED) is 0.785. The molecule has 2 N–H and O–H groups in total. The molecule has 0 aliphatic heterocycles. The van der Waals surface area contributed by atoms with Crippen LogP contribution in [0.15, 0.2) is 12.3 Å². The van der Waals surface area contributed by atoms with Crippen LogP contribution in [0.5, 0.6) is 0 Å². The van der Waals surface area contributed by atoms with Crippen LogP contribution in [0.1, 0.15) is 25.6 Å². The third-order valence-electron chi connectivity index (χ3n) is 2.26. The fourth-order valence-corrected chi connectivity index (χ4v) is 1.58. The van der Waals surface area contributed by atoms with E-state index in [4.69, 9.17) is 5.73 Å². The van der Waals surface area contributed by atoms with Crippen molar-refractivity contribution >= 4 is 0 Å². The minimum atomic E-state index is 0.163. The van der Waals surface area contributed by atoms with Gasteiger partial charge in [-0.15, -0.1) is 0 Å². The first-order valence-corrected chi connectivity index (χ1v) is 5.43. The van der Waals surface area contributed by atoms with Gasteiger partial charge in [0, 0.05) is 31.2 Å². The van der Waals surface area contributed by atoms with Gasteiger partial charge >= 0.3 is 0 Å². The summed E-state index contributed by atoms with van der Waals surface area (Å²) in [5.41, 5.74) is 7.08. The standard InChI is InChI=1S/C11H22N4/c1-9(2)15-6-5-11(13-15)7-10(12)8-14(3)4/h5-6,9-10H,7-8,12H2,1-4H3. The molecule has 1 aromatic rings. The number of aromatic nitrogens is 2. The summed E-state index contributed by atoms with van der Waals surface area (Å²) in [6, 6.07) is 2.63. The van der Waals surface area contributed by atoms with Crippen molar-refractivity contribution in [2.45, 2.75) is 32.4 Å². The lowest BCUT2D eigenvalue weighted by Gasteiger charge is -2.15. The SMILES string of the molecule is CC(C)n1ccc(CC(N)CN(C)C)n1. The summed E-state index contributed by atoms with van der Waals surface area (Å²) in [5.74, 6) is 0. The van der Waals surface area contributed by atoms with E-state index >= 15 is 0 Å². The van der Waals surface area contributed by atoms with Crippen LogP contribution in [0.4, 0.5) is 0 Å². The van der Waals surface area contributed by atoms with Crippen molar-refractivity contribution in [1.82, 2.24) is 14.7 Å². The van der Waals surface area contributed by atoms with Crippen LogP contribution in [-0.2, 0) is 6.42 Å². The minimum Gasteiger partial charge on any atom is -0.326 e. The Morgan fingerprint density at radius 2 is 2.13 bits per heavy atom. The van der Waals surface area contributed by atoms with E-state index in [-0.39, 0.29) is 6.04 Å². The van der Waals surface area contributed by atoms with Crippen LogP contribution in [0, 0.1) is 0 Å². The van der Waals surface area contributed by atoms with E-state index in [9.17, 15) is 0 Å². The second-order valence-electron chi connectivity index (χ2n) is 4.61. The summed E-state index contributed by atoms with van der Waals surface area (Å²) in [7, 11) is 4.07. The fourth-order valence-electron chi connectivity index (χ4n) is 1.58. The molecule has 1 unspecified atom stereocenters. The second kappa shape index (κ2) is 5.28. The molecule has 0 bridgehead atoms. The fraction of sp³-hybridized carbons (Fsp3) is 0.727. The highest BCUT2D eigenvalue weighted by Gasteiger charge is 2.08. The van der Waals surface area contributed by atoms with Gasteiger partial charge in [-0.2, -0.15) is 5.10 Å². The van der Waals surface area contributed by atoms with E-state index in [1.807, 2.05) is 25.0 Å². The molecular formula is C11H22N4. The van der Waals surface area contributed by atoms with Gasteiger partial charge in [-0.25, -0.2) is 0 Å². The third-order valence-corrected chi connectivity index (χ3v) is 2.26. The molecule has 15 heavy (non-hydrogen) atoms. The summed E-state index contributed by atoms with van der Waals surface area (Å²) in [6.45, 7) is 5.14. The molecular weight excluding hydrogens is 188 g/mol. The molecule has 1 aromatic heterocycles. The average molecular weight is 210 g/mol. The van der Waals surface area contributed by atoms with Crippen molar-refractivity contribution in [2.75, 3.05) is 20.6 Å². The average Bonchev–Trinajstić information content (AvgIpc) is 2.50. The van der Waals surface area contributed by atoms with Crippen LogP contribution in [0.3, 0.4) is 0 Å². The lowest BCUT2D eigenvalue weighted by Crippen LogP contribution is -2.35. The van der Waals surface area contributed by atoms with Crippen LogP contribution in [0.2, 0.25) is 0 Å². The van der Waals surface area contributed by atoms with Crippen molar-refractivity contribution in [3.8, 4) is 0 Å². The number of nitrogens with zero attached hydrogens (tertiary/aromatic N) is 3. The Labute approximate surface area is 92.1 Å². The molecule has 0 saturated carbocycles. The Balaban J connectivity index is 2.49. The van der Waals surface area contributed by atoms with Crippen LogP contribution in [0.25, 0.3) is 0 Å². The van der Waals surface area contributed by atoms with Gasteiger partial charge in [0.1, 0.15) is 0 Å². The molecule has 0 spiro atoms. The molecule has 0 aliphatic rings. The zero-order valence-electron chi connectivity index (χ0n) is 10.1. The van der Waals surface area contributed by atoms with Gasteiger partial charge in [0.2, 0.25) is 0 Å². The highest BCUT2D eigenvalue weighted by Crippen LogP contribution is 2.05. The number of likely N-dealkylation sites (N-methyl/N-ethyl adjacent to an activating group) is 1. The molecule has 0 amide bonds. The molecule has 4 nitrogen and oxygen atoms in total. The lowest BCUT2D eigenvalue weighted by atomic mass is 10.1. The summed E-state index contributed by atoms with van der Waals surface area (Å²) in [4.78, 5) is 2.10. The summed E-state index contributed by atoms with van der Waals surface area (Å²) in [6.07, 6.45) is 2.86. The molecule has 86 valence electrons. The molecule has 1 rings (SSSR count). The maximum atomic E-state index is 6.00. The first kappa shape index (κ1) is 12.2. The largest absolute Gasteiger partial charge is 0.326 e. The first-order valence-electron chi connectivity index (χ1n) is 5.43. The summed E-state index contributed by atoms with van der Waals surface area (Å²) in [5, 5.41) is 4.48. The van der Waals surface area contributed by atoms with E-state index in [0.717, 1.165) is 18.7 Å². The normalized spacial score (nSPS) is 13.8. The molecule has 4 heteroatoms. The Kier molecular flexibility index (Phi) is 4.29. The van der Waals surface area contributed by atoms with Crippen LogP contribution >= 0.6 is 0 Å². The van der Waals surface area contributed by atoms with Gasteiger partial charge < -0.3 is 10.6 Å². The van der Waals surface area contributed by atoms with Crippen molar-refractivity contribution in [3.05, 3.63) is 18.0 Å². The van der Waals surface area contributed by atoms with E-state index in [1.165, 1.54) is 0 Å². The van der Waals surface area contributed by atoms with Gasteiger partial charge in [-0.05, 0) is 34.0 Å². The van der Waals surface area contributed by atoms with Crippen molar-refractivity contribution in [2.24, 2.45) is 5.73 Å². The van der Waals surface area contributed by atoms with Gasteiger partial charge in [-0.1, -0.05) is 0 Å². The summed E-state index contributed by atoms with van der Waals surface area (Å²) >= 11 is 0. The molecule has 1 heterocycles. The highest BCUT2D eigenvalue weighted by molar-refractivity contribution is 5.02. The van der Waals surface area contributed by atoms with E-state index in [0.29, 0.717) is 6.04 Å². The maximum absolute atomic E-state index is 6.00. The smallest absolute Gasteiger partial charge is 0.0640 e. The van der Waals surface area contributed by atoms with E-state index in [1.54, 1.807) is 0 Å². The third kappa shape index (κ3) is 4.01. The van der Waals surface area contributed by atoms with Gasteiger partial charge in [0.15, 0.2) is 0 Å². The summed E-state index contributed by atoms with van der Waals surface area (Å²) < 4.78 is 1.97. The number of nitrogens with two attached hydrogens (primary N) is 1. The number of hydrogen-bond acceptors (Lipinski definition) is 3. The Morgan fingerprint density at radius 3 is 2.60 bits per heavy atom. The Morgan fingerprint density at radius 1 is 1.47 bits per heavy atom. The molecule has 0 aromatic carbocycles. The lowest BCUT2D eigenvalue weighted by molar-refractivity contribution is 0.369. The number of rotatable bonds is 5. The molecule has 1 atom stereocenters. The van der Waals surface area contributed by atoms with E-state index in [2.05, 4.69) is 29.9 Å². The highest BCUT2D eigenvalue weighted by atomic mass is 15.3. The van der Waals surface area contributed by atoms with Crippen molar-refractivity contribution in [3.63, 3.8) is 0 Å². The molecule has 0 radical (unpaired) electrons. The topological polar surface area (TPSA) is 47.1 Å². The number of hydrogen-bond donors (Lipinski definition) is 1. The zero-order valence-corrected chi connectivity index (χ0v) is 10.1. The molecule has 0 saturated heterocycles. The van der Waals surface area contributed by atoms with Crippen LogP contribution in [-0.4, -0.2) is 41.4 Å². The second-order valence-corrected chi connectivity index (χ2v) is 4.61. The zero-order chi connectivity index (χ0) is 11.4. The predicted molar refractivity (Wildman–Crippen MR) is 62.8 cm³/mol. The maximum Gasteiger partial charge on any atom is 0.0640 e. The monoisotopic (exact) mass is 210 g/mol. The van der Waals surface area contributed by atoms with E-state index < -0.39 is 0 Å². The minimum absolute atomic E-state index is 0.163. The van der Waals surface area contributed by atoms with Crippen LogP contribution < -0.4 is 5.73 Å². The predicted octanol–water partition coefficient (Wildman–Crippen LogP) is 0.895. The molecule has 0 fully saturated rings. The Bertz CT molecular complexity index is 291. The van der Waals surface area contributed by atoms with Gasteiger partial charge in [0.05, 0.1) is 5.69 Å². The van der Waals surface area contributed by atoms with Gasteiger partial charge in [0.25, 0.3) is 0 Å². The van der Waals surface area contributed by atoms with Crippen molar-refractivity contribution < 1.29 is 0 Å².